The molecule has 8 heteroatoms. The van der Waals surface area contributed by atoms with Gasteiger partial charge in [-0.25, -0.2) is 4.79 Å². The number of benzene rings is 2. The molecule has 0 unspecified atom stereocenters. The van der Waals surface area contributed by atoms with E-state index in [0.717, 1.165) is 5.56 Å². The summed E-state index contributed by atoms with van der Waals surface area (Å²) >= 11 is 3.34. The van der Waals surface area contributed by atoms with E-state index in [-0.39, 0.29) is 11.6 Å². The third-order valence-corrected chi connectivity index (χ3v) is 4.66. The van der Waals surface area contributed by atoms with Crippen LogP contribution in [-0.4, -0.2) is 39.3 Å². The molecule has 0 aliphatic carbocycles. The summed E-state index contributed by atoms with van der Waals surface area (Å²) in [5.41, 5.74) is 1.07. The third-order valence-electron chi connectivity index (χ3n) is 4.07. The minimum absolute atomic E-state index is 0.242. The van der Waals surface area contributed by atoms with Gasteiger partial charge in [0.05, 0.1) is 36.9 Å². The Hall–Kier alpha value is -2.74. The van der Waals surface area contributed by atoms with Crippen molar-refractivity contribution in [3.05, 3.63) is 52.0 Å². The molecule has 7 nitrogen and oxygen atoms in total. The van der Waals surface area contributed by atoms with E-state index in [0.29, 0.717) is 28.3 Å². The van der Waals surface area contributed by atoms with Crippen LogP contribution in [0.1, 0.15) is 35.8 Å². The predicted octanol–water partition coefficient (Wildman–Crippen LogP) is 3.90. The Bertz CT molecular complexity index is 870. The van der Waals surface area contributed by atoms with Gasteiger partial charge in [0.15, 0.2) is 18.1 Å². The molecule has 0 aliphatic heterocycles. The van der Waals surface area contributed by atoms with Gasteiger partial charge in [0.1, 0.15) is 5.75 Å². The van der Waals surface area contributed by atoms with Crippen LogP contribution in [-0.2, 0) is 9.53 Å². The van der Waals surface area contributed by atoms with Crippen molar-refractivity contribution in [1.29, 1.82) is 0 Å². The zero-order valence-corrected chi connectivity index (χ0v) is 18.4. The molecule has 1 atom stereocenters. The zero-order chi connectivity index (χ0) is 21.4. The average Bonchev–Trinajstić information content (AvgIpc) is 2.71. The van der Waals surface area contributed by atoms with Gasteiger partial charge in [-0.2, -0.15) is 0 Å². The molecule has 0 radical (unpaired) electrons. The largest absolute Gasteiger partial charge is 0.496 e. The Morgan fingerprint density at radius 3 is 2.48 bits per heavy atom. The number of hydrogen-bond donors (Lipinski definition) is 1. The lowest BCUT2D eigenvalue weighted by Gasteiger charge is -2.17. The van der Waals surface area contributed by atoms with E-state index in [2.05, 4.69) is 21.2 Å². The first-order valence-corrected chi connectivity index (χ1v) is 9.80. The quantitative estimate of drug-likeness (QED) is 0.565. The number of esters is 1. The second-order valence-corrected chi connectivity index (χ2v) is 6.88. The summed E-state index contributed by atoms with van der Waals surface area (Å²) in [6.45, 7) is 3.65. The maximum atomic E-state index is 12.4. The number of methoxy groups -OCH3 is 2. The Morgan fingerprint density at radius 1 is 1.10 bits per heavy atom. The molecule has 0 aromatic heterocycles. The molecule has 156 valence electrons. The summed E-state index contributed by atoms with van der Waals surface area (Å²) in [4.78, 5) is 24.6. The molecule has 29 heavy (non-hydrogen) atoms. The van der Waals surface area contributed by atoms with Crippen LogP contribution in [0.4, 0.5) is 0 Å². The zero-order valence-electron chi connectivity index (χ0n) is 16.8. The van der Waals surface area contributed by atoms with Crippen molar-refractivity contribution < 1.29 is 28.5 Å². The molecule has 0 spiro atoms. The topological polar surface area (TPSA) is 83.1 Å². The number of hydrogen-bond acceptors (Lipinski definition) is 6. The fourth-order valence-corrected chi connectivity index (χ4v) is 3.35. The van der Waals surface area contributed by atoms with E-state index in [4.69, 9.17) is 18.9 Å². The summed E-state index contributed by atoms with van der Waals surface area (Å²) in [6, 6.07) is 10.1. The van der Waals surface area contributed by atoms with Crippen molar-refractivity contribution in [3.8, 4) is 17.2 Å². The molecule has 2 rings (SSSR count). The van der Waals surface area contributed by atoms with Gasteiger partial charge in [-0.15, -0.1) is 0 Å². The average molecular weight is 466 g/mol. The lowest BCUT2D eigenvalue weighted by molar-refractivity contribution is -0.124. The van der Waals surface area contributed by atoms with Gasteiger partial charge in [-0.1, -0.05) is 18.2 Å². The number of carbonyl (C=O) groups excluding carboxylic acids is 2. The summed E-state index contributed by atoms with van der Waals surface area (Å²) in [5.74, 6) is 0.491. The second kappa shape index (κ2) is 10.7. The maximum absolute atomic E-state index is 12.4. The van der Waals surface area contributed by atoms with E-state index in [9.17, 15) is 9.59 Å². The number of para-hydroxylation sites is 1. The molecule has 1 N–H and O–H groups in total. The van der Waals surface area contributed by atoms with Crippen molar-refractivity contribution in [2.24, 2.45) is 0 Å². The van der Waals surface area contributed by atoms with Gasteiger partial charge in [-0.05, 0) is 48.0 Å². The third kappa shape index (κ3) is 5.87. The van der Waals surface area contributed by atoms with E-state index < -0.39 is 18.5 Å². The minimum atomic E-state index is -0.644. The lowest BCUT2D eigenvalue weighted by Crippen LogP contribution is -2.31. The van der Waals surface area contributed by atoms with Crippen LogP contribution in [0.2, 0.25) is 0 Å². The van der Waals surface area contributed by atoms with Gasteiger partial charge in [-0.3, -0.25) is 4.79 Å². The summed E-state index contributed by atoms with van der Waals surface area (Å²) in [6.07, 6.45) is 0. The highest BCUT2D eigenvalue weighted by Gasteiger charge is 2.18. The van der Waals surface area contributed by atoms with Gasteiger partial charge in [0.2, 0.25) is 0 Å². The highest BCUT2D eigenvalue weighted by Crippen LogP contribution is 2.36. The molecular weight excluding hydrogens is 442 g/mol. The Kier molecular flexibility index (Phi) is 8.33. The van der Waals surface area contributed by atoms with Crippen LogP contribution in [0.3, 0.4) is 0 Å². The number of nitrogens with one attached hydrogen (secondary N) is 1. The molecule has 0 aliphatic rings. The van der Waals surface area contributed by atoms with Crippen molar-refractivity contribution in [2.75, 3.05) is 27.4 Å². The SMILES string of the molecule is CCOc1cc(C(=O)OCC(=O)N[C@H](C)c2ccccc2OC)cc(Br)c1OC. The van der Waals surface area contributed by atoms with Gasteiger partial charge < -0.3 is 24.3 Å². The van der Waals surface area contributed by atoms with Crippen molar-refractivity contribution in [2.45, 2.75) is 19.9 Å². The maximum Gasteiger partial charge on any atom is 0.338 e. The predicted molar refractivity (Wildman–Crippen MR) is 112 cm³/mol. The first kappa shape index (κ1) is 22.5. The number of carbonyl (C=O) groups is 2. The highest BCUT2D eigenvalue weighted by atomic mass is 79.9. The molecule has 2 aromatic carbocycles. The van der Waals surface area contributed by atoms with Crippen LogP contribution in [0.5, 0.6) is 17.2 Å². The first-order valence-electron chi connectivity index (χ1n) is 9.00. The van der Waals surface area contributed by atoms with Crippen LogP contribution in [0, 0.1) is 0 Å². The second-order valence-electron chi connectivity index (χ2n) is 6.03. The Morgan fingerprint density at radius 2 is 1.83 bits per heavy atom. The molecule has 0 saturated carbocycles. The molecule has 0 bridgehead atoms. The Balaban J connectivity index is 2.00. The number of ether oxygens (including phenoxy) is 4. The van der Waals surface area contributed by atoms with Crippen LogP contribution < -0.4 is 19.5 Å². The van der Waals surface area contributed by atoms with Gasteiger partial charge in [0, 0.05) is 5.56 Å². The van der Waals surface area contributed by atoms with Crippen LogP contribution in [0.25, 0.3) is 0 Å². The van der Waals surface area contributed by atoms with Crippen molar-refractivity contribution in [1.82, 2.24) is 5.32 Å². The number of amides is 1. The Labute approximate surface area is 178 Å². The van der Waals surface area contributed by atoms with E-state index >= 15 is 0 Å². The molecule has 0 saturated heterocycles. The first-order chi connectivity index (χ1) is 13.9. The fraction of sp³-hybridized carbons (Fsp3) is 0.333. The minimum Gasteiger partial charge on any atom is -0.496 e. The molecule has 1 amide bonds. The normalized spacial score (nSPS) is 11.3. The molecule has 2 aromatic rings. The highest BCUT2D eigenvalue weighted by molar-refractivity contribution is 9.10. The molecule has 0 heterocycles. The molecule has 0 fully saturated rings. The molecular formula is C21H24BrNO6. The van der Waals surface area contributed by atoms with Crippen molar-refractivity contribution in [3.63, 3.8) is 0 Å². The van der Waals surface area contributed by atoms with E-state index in [1.54, 1.807) is 13.2 Å². The van der Waals surface area contributed by atoms with E-state index in [1.165, 1.54) is 13.2 Å². The number of halogens is 1. The number of rotatable bonds is 9. The fourth-order valence-electron chi connectivity index (χ4n) is 2.75. The summed E-state index contributed by atoms with van der Waals surface area (Å²) in [5, 5.41) is 2.79. The van der Waals surface area contributed by atoms with Gasteiger partial charge in [0.25, 0.3) is 5.91 Å². The standard InChI is InChI=1S/C21H24BrNO6/c1-5-28-18-11-14(10-16(22)20(18)27-4)21(25)29-12-19(24)23-13(2)15-8-6-7-9-17(15)26-3/h6-11,13H,5,12H2,1-4H3,(H,23,24)/t13-/m1/s1. The smallest absolute Gasteiger partial charge is 0.338 e. The van der Waals surface area contributed by atoms with Crippen LogP contribution in [0.15, 0.2) is 40.9 Å². The lowest BCUT2D eigenvalue weighted by atomic mass is 10.1. The van der Waals surface area contributed by atoms with Crippen LogP contribution >= 0.6 is 15.9 Å². The van der Waals surface area contributed by atoms with Crippen molar-refractivity contribution >= 4 is 27.8 Å². The van der Waals surface area contributed by atoms with E-state index in [1.807, 2.05) is 38.1 Å². The summed E-state index contributed by atoms with van der Waals surface area (Å²) in [7, 11) is 3.08. The monoisotopic (exact) mass is 465 g/mol. The summed E-state index contributed by atoms with van der Waals surface area (Å²) < 4.78 is 21.8. The van der Waals surface area contributed by atoms with Gasteiger partial charge >= 0.3 is 5.97 Å².